The number of hydrogen-bond donors (Lipinski definition) is 4. The molecule has 35 heavy (non-hydrogen) atoms. The van der Waals surface area contributed by atoms with Crippen molar-refractivity contribution in [1.29, 1.82) is 0 Å². The maximum Gasteiger partial charge on any atom is 0.251 e. The smallest absolute Gasteiger partial charge is 0.251 e. The zero-order valence-electron chi connectivity index (χ0n) is 21.3. The normalized spacial score (nSPS) is 14.8. The number of hydrogen-bond acceptors (Lipinski definition) is 6. The molecule has 0 atom stereocenters. The van der Waals surface area contributed by atoms with Crippen LogP contribution in [0.1, 0.15) is 75.2 Å². The summed E-state index contributed by atoms with van der Waals surface area (Å²) >= 11 is 0. The van der Waals surface area contributed by atoms with Crippen molar-refractivity contribution in [2.45, 2.75) is 77.9 Å². The second kappa shape index (κ2) is 10.6. The standard InChI is InChI=1S/C27H38N6O2/c1-5-13-28-26(34)21-12-11-19(14-18(21)2)23-16-29-25-22(30-17-27(3,4)35)15-24(32-33(23)25)31-20-9-7-6-8-10-20/h11-12,14-16,20,30,35H,5-10,13,17H2,1-4H3,(H,28,34)(H,31,32). The molecule has 1 aromatic carbocycles. The van der Waals surface area contributed by atoms with E-state index in [4.69, 9.17) is 5.10 Å². The Morgan fingerprint density at radius 1 is 1.20 bits per heavy atom. The van der Waals surface area contributed by atoms with E-state index in [9.17, 15) is 9.90 Å². The van der Waals surface area contributed by atoms with Crippen molar-refractivity contribution in [3.05, 3.63) is 41.6 Å². The lowest BCUT2D eigenvalue weighted by Gasteiger charge is -2.24. The molecule has 0 saturated heterocycles. The van der Waals surface area contributed by atoms with Crippen molar-refractivity contribution in [2.24, 2.45) is 0 Å². The third kappa shape index (κ3) is 6.11. The number of nitrogens with zero attached hydrogens (tertiary/aromatic N) is 3. The minimum atomic E-state index is -0.863. The Morgan fingerprint density at radius 2 is 1.97 bits per heavy atom. The van der Waals surface area contributed by atoms with Gasteiger partial charge in [-0.3, -0.25) is 4.79 Å². The Hall–Kier alpha value is -3.13. The van der Waals surface area contributed by atoms with Gasteiger partial charge in [0.25, 0.3) is 5.91 Å². The fraction of sp³-hybridized carbons (Fsp3) is 0.519. The first kappa shape index (κ1) is 25.0. The maximum atomic E-state index is 12.5. The van der Waals surface area contributed by atoms with Crippen molar-refractivity contribution >= 4 is 23.1 Å². The van der Waals surface area contributed by atoms with E-state index < -0.39 is 5.60 Å². The highest BCUT2D eigenvalue weighted by Crippen LogP contribution is 2.29. The summed E-state index contributed by atoms with van der Waals surface area (Å²) in [4.78, 5) is 17.1. The van der Waals surface area contributed by atoms with E-state index >= 15 is 0 Å². The Labute approximate surface area is 207 Å². The first-order valence-electron chi connectivity index (χ1n) is 12.8. The number of benzene rings is 1. The molecule has 0 radical (unpaired) electrons. The summed E-state index contributed by atoms with van der Waals surface area (Å²) in [6.07, 6.45) is 8.76. The van der Waals surface area contributed by atoms with Crippen molar-refractivity contribution < 1.29 is 9.90 Å². The predicted molar refractivity (Wildman–Crippen MR) is 141 cm³/mol. The molecule has 4 N–H and O–H groups in total. The van der Waals surface area contributed by atoms with Crippen LogP contribution in [0.2, 0.25) is 0 Å². The lowest BCUT2D eigenvalue weighted by molar-refractivity contribution is 0.0941. The average molecular weight is 479 g/mol. The monoisotopic (exact) mass is 478 g/mol. The van der Waals surface area contributed by atoms with Crippen molar-refractivity contribution in [2.75, 3.05) is 23.7 Å². The second-order valence-electron chi connectivity index (χ2n) is 10.3. The van der Waals surface area contributed by atoms with E-state index in [0.717, 1.165) is 47.6 Å². The number of nitrogens with one attached hydrogen (secondary N) is 3. The molecule has 3 aromatic rings. The van der Waals surface area contributed by atoms with E-state index in [-0.39, 0.29) is 5.91 Å². The van der Waals surface area contributed by atoms with Gasteiger partial charge in [-0.25, -0.2) is 9.50 Å². The van der Waals surface area contributed by atoms with Gasteiger partial charge in [-0.05, 0) is 57.7 Å². The number of fused-ring (bicyclic) bond motifs is 1. The summed E-state index contributed by atoms with van der Waals surface area (Å²) < 4.78 is 1.85. The third-order valence-corrected chi connectivity index (χ3v) is 6.44. The lowest BCUT2D eigenvalue weighted by Crippen LogP contribution is -2.29. The highest BCUT2D eigenvalue weighted by atomic mass is 16.3. The minimum Gasteiger partial charge on any atom is -0.389 e. The third-order valence-electron chi connectivity index (χ3n) is 6.44. The number of amides is 1. The van der Waals surface area contributed by atoms with E-state index in [1.807, 2.05) is 48.8 Å². The number of rotatable bonds is 9. The van der Waals surface area contributed by atoms with Gasteiger partial charge in [-0.15, -0.1) is 5.10 Å². The van der Waals surface area contributed by atoms with Gasteiger partial charge in [-0.2, -0.15) is 0 Å². The van der Waals surface area contributed by atoms with Gasteiger partial charge >= 0.3 is 0 Å². The predicted octanol–water partition coefficient (Wildman–Crippen LogP) is 4.77. The Balaban J connectivity index is 1.70. The molecule has 2 aromatic heterocycles. The number of carbonyl (C=O) groups is 1. The number of aryl methyl sites for hydroxylation is 1. The Kier molecular flexibility index (Phi) is 7.60. The molecule has 0 unspecified atom stereocenters. The summed E-state index contributed by atoms with van der Waals surface area (Å²) in [5.41, 5.74) is 4.02. The molecular formula is C27H38N6O2. The zero-order chi connectivity index (χ0) is 25.0. The quantitative estimate of drug-likeness (QED) is 0.353. The molecule has 1 aliphatic carbocycles. The van der Waals surface area contributed by atoms with Crippen LogP contribution in [-0.2, 0) is 0 Å². The van der Waals surface area contributed by atoms with Crippen molar-refractivity contribution in [3.63, 3.8) is 0 Å². The Bertz CT molecular complexity index is 1170. The first-order valence-corrected chi connectivity index (χ1v) is 12.8. The summed E-state index contributed by atoms with van der Waals surface area (Å²) in [6, 6.07) is 8.22. The average Bonchev–Trinajstić information content (AvgIpc) is 3.25. The van der Waals surface area contributed by atoms with E-state index in [1.54, 1.807) is 13.8 Å². The van der Waals surface area contributed by atoms with Crippen LogP contribution in [0.5, 0.6) is 0 Å². The van der Waals surface area contributed by atoms with Crippen LogP contribution in [0.4, 0.5) is 11.5 Å². The molecule has 1 aliphatic rings. The molecule has 8 heteroatoms. The molecule has 1 saturated carbocycles. The lowest BCUT2D eigenvalue weighted by atomic mass is 9.95. The highest BCUT2D eigenvalue weighted by molar-refractivity contribution is 5.96. The summed E-state index contributed by atoms with van der Waals surface area (Å²) in [5, 5.41) is 25.1. The van der Waals surface area contributed by atoms with Crippen molar-refractivity contribution in [1.82, 2.24) is 19.9 Å². The molecule has 4 rings (SSSR count). The van der Waals surface area contributed by atoms with E-state index in [2.05, 4.69) is 20.9 Å². The molecule has 188 valence electrons. The molecule has 0 aliphatic heterocycles. The SMILES string of the molecule is CCCNC(=O)c1ccc(-c2cnc3c(NCC(C)(C)O)cc(NC4CCCCC4)nn23)cc1C. The van der Waals surface area contributed by atoms with Crippen LogP contribution in [0.15, 0.2) is 30.5 Å². The topological polar surface area (TPSA) is 104 Å². The van der Waals surface area contributed by atoms with Gasteiger partial charge < -0.3 is 21.1 Å². The highest BCUT2D eigenvalue weighted by Gasteiger charge is 2.19. The maximum absolute atomic E-state index is 12.5. The van der Waals surface area contributed by atoms with Gasteiger partial charge in [0.1, 0.15) is 5.82 Å². The van der Waals surface area contributed by atoms with Crippen LogP contribution in [-0.4, -0.2) is 50.3 Å². The van der Waals surface area contributed by atoms with Gasteiger partial charge in [0.15, 0.2) is 5.65 Å². The molecule has 8 nitrogen and oxygen atoms in total. The summed E-state index contributed by atoms with van der Waals surface area (Å²) in [6.45, 7) is 8.59. The van der Waals surface area contributed by atoms with Crippen LogP contribution < -0.4 is 16.0 Å². The molecule has 0 spiro atoms. The second-order valence-corrected chi connectivity index (χ2v) is 10.3. The van der Waals surface area contributed by atoms with Crippen molar-refractivity contribution in [3.8, 4) is 11.3 Å². The minimum absolute atomic E-state index is 0.0516. The molecule has 2 heterocycles. The number of aliphatic hydroxyl groups is 1. The fourth-order valence-corrected chi connectivity index (χ4v) is 4.55. The van der Waals surface area contributed by atoms with Crippen LogP contribution in [0.3, 0.4) is 0 Å². The number of carbonyl (C=O) groups excluding carboxylic acids is 1. The molecular weight excluding hydrogens is 440 g/mol. The van der Waals surface area contributed by atoms with Crippen LogP contribution >= 0.6 is 0 Å². The summed E-state index contributed by atoms with van der Waals surface area (Å²) in [5.74, 6) is 0.735. The van der Waals surface area contributed by atoms with Gasteiger partial charge in [0.05, 0.1) is 23.2 Å². The Morgan fingerprint density at radius 3 is 2.66 bits per heavy atom. The molecule has 0 bridgehead atoms. The largest absolute Gasteiger partial charge is 0.389 e. The molecule has 1 amide bonds. The van der Waals surface area contributed by atoms with Gasteiger partial charge in [0.2, 0.25) is 0 Å². The summed E-state index contributed by atoms with van der Waals surface area (Å²) in [7, 11) is 0. The van der Waals surface area contributed by atoms with Gasteiger partial charge in [0, 0.05) is 36.3 Å². The first-order chi connectivity index (χ1) is 16.7. The van der Waals surface area contributed by atoms with E-state index in [1.165, 1.54) is 19.3 Å². The van der Waals surface area contributed by atoms with Crippen LogP contribution in [0, 0.1) is 6.92 Å². The molecule has 1 fully saturated rings. The van der Waals surface area contributed by atoms with Gasteiger partial charge in [-0.1, -0.05) is 32.3 Å². The number of imidazole rings is 1. The number of aromatic nitrogens is 3. The zero-order valence-corrected chi connectivity index (χ0v) is 21.3. The number of anilines is 2. The van der Waals surface area contributed by atoms with E-state index in [0.29, 0.717) is 30.3 Å². The van der Waals surface area contributed by atoms with Crippen LogP contribution in [0.25, 0.3) is 16.9 Å². The fourth-order valence-electron chi connectivity index (χ4n) is 4.55.